The van der Waals surface area contributed by atoms with Crippen molar-refractivity contribution >= 4 is 33.0 Å². The molecule has 2 nitrogen and oxygen atoms in total. The molecule has 1 aromatic rings. The largest absolute Gasteiger partial charge is 0.308 e. The summed E-state index contributed by atoms with van der Waals surface area (Å²) in [4.78, 5) is 12.6. The van der Waals surface area contributed by atoms with E-state index in [0.717, 1.165) is 9.35 Å². The van der Waals surface area contributed by atoms with Gasteiger partial charge in [-0.05, 0) is 22.0 Å². The van der Waals surface area contributed by atoms with Gasteiger partial charge in [0, 0.05) is 27.2 Å². The minimum atomic E-state index is 0.244. The van der Waals surface area contributed by atoms with Crippen molar-refractivity contribution in [3.8, 4) is 0 Å². The lowest BCUT2D eigenvalue weighted by molar-refractivity contribution is -0.117. The molecule has 0 atom stereocenters. The van der Waals surface area contributed by atoms with Gasteiger partial charge in [0.15, 0.2) is 5.78 Å². The van der Waals surface area contributed by atoms with Gasteiger partial charge in [-0.25, -0.2) is 0 Å². The van der Waals surface area contributed by atoms with Crippen LogP contribution in [0.4, 0.5) is 0 Å². The second kappa shape index (κ2) is 5.63. The lowest BCUT2D eigenvalue weighted by Crippen LogP contribution is -2.29. The van der Waals surface area contributed by atoms with Gasteiger partial charge in [0.2, 0.25) is 0 Å². The summed E-state index contributed by atoms with van der Waals surface area (Å²) < 4.78 is 1.06. The zero-order valence-electron chi connectivity index (χ0n) is 8.34. The van der Waals surface area contributed by atoms with E-state index in [1.807, 2.05) is 25.3 Å². The van der Waals surface area contributed by atoms with Crippen molar-refractivity contribution in [2.45, 2.75) is 26.3 Å². The number of Topliss-reactive ketones (excluding diaryl/α,β-unsaturated/α-hetero) is 1. The number of carbonyl (C=O) groups is 1. The summed E-state index contributed by atoms with van der Waals surface area (Å²) in [7, 11) is 0. The Kier molecular flexibility index (Phi) is 4.78. The van der Waals surface area contributed by atoms with Gasteiger partial charge in [-0.15, -0.1) is 11.3 Å². The first-order valence-electron chi connectivity index (χ1n) is 4.56. The monoisotopic (exact) mass is 275 g/mol. The standard InChI is InChI=1S/C10H14BrNOS/c1-7(2)12-5-9(13)4-10-3-8(11)6-14-10/h3,6-7,12H,4-5H2,1-2H3. The highest BCUT2D eigenvalue weighted by Crippen LogP contribution is 2.20. The number of rotatable bonds is 5. The van der Waals surface area contributed by atoms with Crippen molar-refractivity contribution in [1.29, 1.82) is 0 Å². The molecule has 1 aromatic heterocycles. The highest BCUT2D eigenvalue weighted by Gasteiger charge is 2.06. The molecule has 0 bridgehead atoms. The molecule has 0 aliphatic carbocycles. The highest BCUT2D eigenvalue weighted by atomic mass is 79.9. The lowest BCUT2D eigenvalue weighted by Gasteiger charge is -2.05. The Balaban J connectivity index is 2.34. The van der Waals surface area contributed by atoms with Gasteiger partial charge in [0.1, 0.15) is 0 Å². The zero-order valence-corrected chi connectivity index (χ0v) is 10.7. The average molecular weight is 276 g/mol. The number of nitrogens with one attached hydrogen (secondary N) is 1. The summed E-state index contributed by atoms with van der Waals surface area (Å²) in [5, 5.41) is 5.11. The molecule has 1 N–H and O–H groups in total. The van der Waals surface area contributed by atoms with Crippen LogP contribution < -0.4 is 5.32 Å². The van der Waals surface area contributed by atoms with Crippen LogP contribution in [0.1, 0.15) is 18.7 Å². The van der Waals surface area contributed by atoms with Crippen molar-refractivity contribution < 1.29 is 4.79 Å². The molecule has 0 radical (unpaired) electrons. The third-order valence-electron chi connectivity index (χ3n) is 1.70. The second-order valence-electron chi connectivity index (χ2n) is 3.48. The molecule has 4 heteroatoms. The molecule has 0 spiro atoms. The minimum Gasteiger partial charge on any atom is -0.308 e. The molecule has 0 unspecified atom stereocenters. The van der Waals surface area contributed by atoms with Crippen molar-refractivity contribution in [3.05, 3.63) is 20.8 Å². The van der Waals surface area contributed by atoms with Gasteiger partial charge >= 0.3 is 0 Å². The molecule has 0 saturated heterocycles. The molecule has 14 heavy (non-hydrogen) atoms. The Labute approximate surface area is 96.8 Å². The molecule has 0 fully saturated rings. The van der Waals surface area contributed by atoms with Crippen molar-refractivity contribution in [2.75, 3.05) is 6.54 Å². The number of thiophene rings is 1. The summed E-state index contributed by atoms with van der Waals surface area (Å²) >= 11 is 4.98. The molecule has 0 saturated carbocycles. The van der Waals surface area contributed by atoms with E-state index in [2.05, 4.69) is 21.2 Å². The number of hydrogen-bond donors (Lipinski definition) is 1. The molecule has 0 aliphatic rings. The normalized spacial score (nSPS) is 10.9. The third kappa shape index (κ3) is 4.35. The fraction of sp³-hybridized carbons (Fsp3) is 0.500. The highest BCUT2D eigenvalue weighted by molar-refractivity contribution is 9.10. The fourth-order valence-electron chi connectivity index (χ4n) is 1.02. The number of ketones is 1. The first kappa shape index (κ1) is 11.9. The van der Waals surface area contributed by atoms with E-state index < -0.39 is 0 Å². The van der Waals surface area contributed by atoms with E-state index in [1.165, 1.54) is 0 Å². The average Bonchev–Trinajstić information content (AvgIpc) is 2.48. The van der Waals surface area contributed by atoms with Crippen molar-refractivity contribution in [1.82, 2.24) is 5.32 Å². The fourth-order valence-corrected chi connectivity index (χ4v) is 2.50. The summed E-state index contributed by atoms with van der Waals surface area (Å²) in [6, 6.07) is 2.37. The first-order valence-corrected chi connectivity index (χ1v) is 6.23. The molecule has 0 aromatic carbocycles. The van der Waals surface area contributed by atoms with Crippen LogP contribution in [0.25, 0.3) is 0 Å². The SMILES string of the molecule is CC(C)NCC(=O)Cc1cc(Br)cs1. The predicted octanol–water partition coefficient (Wildman–Crippen LogP) is 2.62. The number of hydrogen-bond acceptors (Lipinski definition) is 3. The summed E-state index contributed by atoms with van der Waals surface area (Å²) in [6.45, 7) is 4.54. The van der Waals surface area contributed by atoms with Gasteiger partial charge in [-0.3, -0.25) is 4.79 Å². The van der Waals surface area contributed by atoms with Crippen LogP contribution in [0.5, 0.6) is 0 Å². The van der Waals surface area contributed by atoms with Crippen molar-refractivity contribution in [3.63, 3.8) is 0 Å². The maximum Gasteiger partial charge on any atom is 0.151 e. The Morgan fingerprint density at radius 3 is 2.86 bits per heavy atom. The Bertz CT molecular complexity index is 309. The van der Waals surface area contributed by atoms with E-state index in [1.54, 1.807) is 11.3 Å². The third-order valence-corrected chi connectivity index (χ3v) is 3.40. The van der Waals surface area contributed by atoms with E-state index in [9.17, 15) is 4.79 Å². The minimum absolute atomic E-state index is 0.244. The van der Waals surface area contributed by atoms with Gasteiger partial charge in [0.05, 0.1) is 6.54 Å². The van der Waals surface area contributed by atoms with Crippen LogP contribution in [-0.4, -0.2) is 18.4 Å². The van der Waals surface area contributed by atoms with Gasteiger partial charge < -0.3 is 5.32 Å². The first-order chi connectivity index (χ1) is 6.58. The predicted molar refractivity (Wildman–Crippen MR) is 63.9 cm³/mol. The number of halogens is 1. The zero-order chi connectivity index (χ0) is 10.6. The summed E-state index contributed by atoms with van der Waals surface area (Å²) in [5.41, 5.74) is 0. The number of carbonyl (C=O) groups excluding carboxylic acids is 1. The van der Waals surface area contributed by atoms with Gasteiger partial charge in [0.25, 0.3) is 0 Å². The van der Waals surface area contributed by atoms with Crippen LogP contribution in [0.15, 0.2) is 15.9 Å². The summed E-state index contributed by atoms with van der Waals surface area (Å²) in [6.07, 6.45) is 0.538. The Morgan fingerprint density at radius 1 is 1.64 bits per heavy atom. The molecular weight excluding hydrogens is 262 g/mol. The van der Waals surface area contributed by atoms with Crippen LogP contribution in [-0.2, 0) is 11.2 Å². The smallest absolute Gasteiger partial charge is 0.151 e. The molecule has 1 heterocycles. The van der Waals surface area contributed by atoms with Gasteiger partial charge in [-0.1, -0.05) is 13.8 Å². The Hall–Kier alpha value is -0.190. The quantitative estimate of drug-likeness (QED) is 0.895. The summed E-state index contributed by atoms with van der Waals surface area (Å²) in [5.74, 6) is 0.244. The second-order valence-corrected chi connectivity index (χ2v) is 5.39. The van der Waals surface area contributed by atoms with E-state index in [4.69, 9.17) is 0 Å². The molecule has 0 aliphatic heterocycles. The van der Waals surface area contributed by atoms with E-state index >= 15 is 0 Å². The van der Waals surface area contributed by atoms with Crippen LogP contribution in [0.3, 0.4) is 0 Å². The molecular formula is C10H14BrNOS. The van der Waals surface area contributed by atoms with Crippen LogP contribution >= 0.6 is 27.3 Å². The van der Waals surface area contributed by atoms with E-state index in [0.29, 0.717) is 19.0 Å². The van der Waals surface area contributed by atoms with Gasteiger partial charge in [-0.2, -0.15) is 0 Å². The van der Waals surface area contributed by atoms with Crippen LogP contribution in [0.2, 0.25) is 0 Å². The van der Waals surface area contributed by atoms with Crippen molar-refractivity contribution in [2.24, 2.45) is 0 Å². The van der Waals surface area contributed by atoms with E-state index in [-0.39, 0.29) is 5.78 Å². The Morgan fingerprint density at radius 2 is 2.36 bits per heavy atom. The topological polar surface area (TPSA) is 29.1 Å². The molecule has 1 rings (SSSR count). The lowest BCUT2D eigenvalue weighted by atomic mass is 10.2. The van der Waals surface area contributed by atoms with Crippen LogP contribution in [0, 0.1) is 0 Å². The maximum atomic E-state index is 11.5. The molecule has 78 valence electrons. The molecule has 0 amide bonds. The maximum absolute atomic E-state index is 11.5.